The number of nitrogens with zero attached hydrogens (tertiary/aromatic N) is 2. The highest BCUT2D eigenvalue weighted by molar-refractivity contribution is 5.90. The van der Waals surface area contributed by atoms with E-state index in [0.717, 1.165) is 37.1 Å². The van der Waals surface area contributed by atoms with Crippen molar-refractivity contribution >= 4 is 24.0 Å². The smallest absolute Gasteiger partial charge is 0.224 e. The van der Waals surface area contributed by atoms with Crippen LogP contribution < -0.4 is 11.1 Å². The lowest BCUT2D eigenvalue weighted by molar-refractivity contribution is -0.117. The third-order valence-electron chi connectivity index (χ3n) is 4.31. The highest BCUT2D eigenvalue weighted by atomic mass is 35.5. The second-order valence-electron chi connectivity index (χ2n) is 6.01. The number of hydrogen-bond acceptors (Lipinski definition) is 3. The summed E-state index contributed by atoms with van der Waals surface area (Å²) < 4.78 is 1.87. The Morgan fingerprint density at radius 2 is 2.09 bits per heavy atom. The Hall–Kier alpha value is -1.85. The molecule has 1 fully saturated rings. The van der Waals surface area contributed by atoms with E-state index in [2.05, 4.69) is 10.4 Å². The molecule has 2 aromatic rings. The predicted octanol–water partition coefficient (Wildman–Crippen LogP) is 2.81. The van der Waals surface area contributed by atoms with Crippen molar-refractivity contribution in [3.63, 3.8) is 0 Å². The summed E-state index contributed by atoms with van der Waals surface area (Å²) in [5.74, 6) is 0.390. The average molecular weight is 335 g/mol. The lowest BCUT2D eigenvalue weighted by atomic mass is 10.00. The van der Waals surface area contributed by atoms with Crippen molar-refractivity contribution in [2.45, 2.75) is 38.3 Å². The van der Waals surface area contributed by atoms with Crippen molar-refractivity contribution in [2.75, 3.05) is 5.32 Å². The fourth-order valence-corrected chi connectivity index (χ4v) is 3.04. The largest absolute Gasteiger partial charge is 0.327 e. The maximum atomic E-state index is 12.1. The van der Waals surface area contributed by atoms with Crippen LogP contribution in [0.1, 0.15) is 31.2 Å². The van der Waals surface area contributed by atoms with Crippen LogP contribution in [0.5, 0.6) is 0 Å². The number of anilines is 1. The van der Waals surface area contributed by atoms with Gasteiger partial charge in [-0.3, -0.25) is 9.48 Å². The van der Waals surface area contributed by atoms with Crippen LogP contribution in [0.15, 0.2) is 42.7 Å². The van der Waals surface area contributed by atoms with Gasteiger partial charge in [0.25, 0.3) is 0 Å². The molecule has 0 saturated heterocycles. The third-order valence-corrected chi connectivity index (χ3v) is 4.31. The number of amides is 1. The number of carbonyl (C=O) groups excluding carboxylic acids is 1. The van der Waals surface area contributed by atoms with Gasteiger partial charge in [0.1, 0.15) is 0 Å². The number of halogens is 1. The average Bonchev–Trinajstić information content (AvgIpc) is 3.14. The Kier molecular flexibility index (Phi) is 6.19. The number of benzene rings is 1. The van der Waals surface area contributed by atoms with Gasteiger partial charge in [-0.05, 0) is 42.5 Å². The van der Waals surface area contributed by atoms with Crippen LogP contribution >= 0.6 is 12.4 Å². The van der Waals surface area contributed by atoms with Crippen molar-refractivity contribution in [1.29, 1.82) is 0 Å². The Bertz CT molecular complexity index is 612. The molecule has 124 valence electrons. The second kappa shape index (κ2) is 8.13. The monoisotopic (exact) mass is 334 g/mol. The normalized spacial score (nSPS) is 20.0. The van der Waals surface area contributed by atoms with Crippen LogP contribution in [0.25, 0.3) is 0 Å². The molecule has 1 amide bonds. The van der Waals surface area contributed by atoms with E-state index in [-0.39, 0.29) is 24.4 Å². The molecule has 1 aliphatic rings. The molecule has 1 heterocycles. The molecule has 3 rings (SSSR count). The number of nitrogens with one attached hydrogen (secondary N) is 1. The van der Waals surface area contributed by atoms with Gasteiger partial charge in [0.2, 0.25) is 5.91 Å². The first-order valence-electron chi connectivity index (χ1n) is 7.82. The van der Waals surface area contributed by atoms with Crippen molar-refractivity contribution in [2.24, 2.45) is 11.7 Å². The zero-order valence-electron chi connectivity index (χ0n) is 13.0. The SMILES string of the molecule is Cl.N[C@@H]1CCC[C@H]1CC(=O)Nc1ccc(Cn2cccn2)cc1. The van der Waals surface area contributed by atoms with Gasteiger partial charge >= 0.3 is 0 Å². The van der Waals surface area contributed by atoms with Crippen LogP contribution in [-0.2, 0) is 11.3 Å². The molecule has 5 nitrogen and oxygen atoms in total. The minimum atomic E-state index is 0. The number of aromatic nitrogens is 2. The molecule has 3 N–H and O–H groups in total. The van der Waals surface area contributed by atoms with Crippen molar-refractivity contribution in [3.8, 4) is 0 Å². The minimum absolute atomic E-state index is 0. The summed E-state index contributed by atoms with van der Waals surface area (Å²) >= 11 is 0. The third kappa shape index (κ3) is 4.81. The molecule has 0 aliphatic heterocycles. The maximum absolute atomic E-state index is 12.1. The first kappa shape index (κ1) is 17.5. The van der Waals surface area contributed by atoms with E-state index in [1.54, 1.807) is 6.20 Å². The number of rotatable bonds is 5. The molecular weight excluding hydrogens is 312 g/mol. The topological polar surface area (TPSA) is 72.9 Å². The fraction of sp³-hybridized carbons (Fsp3) is 0.412. The zero-order chi connectivity index (χ0) is 15.4. The van der Waals surface area contributed by atoms with Gasteiger partial charge in [-0.15, -0.1) is 12.4 Å². The summed E-state index contributed by atoms with van der Waals surface area (Å²) in [5.41, 5.74) is 8.00. The molecule has 0 unspecified atom stereocenters. The summed E-state index contributed by atoms with van der Waals surface area (Å²) in [7, 11) is 0. The first-order chi connectivity index (χ1) is 10.7. The molecule has 23 heavy (non-hydrogen) atoms. The van der Waals surface area contributed by atoms with E-state index in [4.69, 9.17) is 5.73 Å². The first-order valence-corrected chi connectivity index (χ1v) is 7.82. The van der Waals surface area contributed by atoms with Gasteiger partial charge in [-0.2, -0.15) is 5.10 Å². The molecule has 6 heteroatoms. The highest BCUT2D eigenvalue weighted by Gasteiger charge is 2.25. The van der Waals surface area contributed by atoms with Gasteiger partial charge in [-0.25, -0.2) is 0 Å². The van der Waals surface area contributed by atoms with E-state index < -0.39 is 0 Å². The lowest BCUT2D eigenvalue weighted by Gasteiger charge is -2.14. The van der Waals surface area contributed by atoms with Crippen molar-refractivity contribution in [1.82, 2.24) is 9.78 Å². The summed E-state index contributed by atoms with van der Waals surface area (Å²) in [4.78, 5) is 12.1. The summed E-state index contributed by atoms with van der Waals surface area (Å²) in [5, 5.41) is 7.14. The van der Waals surface area contributed by atoms with Crippen LogP contribution in [-0.4, -0.2) is 21.7 Å². The molecule has 1 saturated carbocycles. The van der Waals surface area contributed by atoms with E-state index in [9.17, 15) is 4.79 Å². The number of carbonyl (C=O) groups is 1. The van der Waals surface area contributed by atoms with Crippen LogP contribution in [0, 0.1) is 5.92 Å². The van der Waals surface area contributed by atoms with E-state index in [1.807, 2.05) is 41.2 Å². The van der Waals surface area contributed by atoms with E-state index in [1.165, 1.54) is 0 Å². The summed E-state index contributed by atoms with van der Waals surface area (Å²) in [6, 6.07) is 9.98. The minimum Gasteiger partial charge on any atom is -0.327 e. The predicted molar refractivity (Wildman–Crippen MR) is 93.6 cm³/mol. The summed E-state index contributed by atoms with van der Waals surface area (Å²) in [6.45, 7) is 0.734. The molecule has 0 radical (unpaired) electrons. The Balaban J connectivity index is 0.00000192. The molecule has 1 aromatic carbocycles. The van der Waals surface area contributed by atoms with Gasteiger partial charge in [-0.1, -0.05) is 18.6 Å². The van der Waals surface area contributed by atoms with Crippen LogP contribution in [0.4, 0.5) is 5.69 Å². The zero-order valence-corrected chi connectivity index (χ0v) is 13.8. The summed E-state index contributed by atoms with van der Waals surface area (Å²) in [6.07, 6.45) is 7.47. The molecule has 0 bridgehead atoms. The Labute approximate surface area is 142 Å². The standard InChI is InChI=1S/C17H22N4O.ClH/c18-16-4-1-3-14(16)11-17(22)20-15-7-5-13(6-8-15)12-21-10-2-9-19-21;/h2,5-10,14,16H,1,3-4,11-12,18H2,(H,20,22);1H/t14-,16+;/m0./s1. The van der Waals surface area contributed by atoms with Gasteiger partial charge < -0.3 is 11.1 Å². The molecule has 2 atom stereocenters. The Morgan fingerprint density at radius 3 is 2.70 bits per heavy atom. The maximum Gasteiger partial charge on any atom is 0.224 e. The number of hydrogen-bond donors (Lipinski definition) is 2. The van der Waals surface area contributed by atoms with Gasteiger partial charge in [0.05, 0.1) is 6.54 Å². The molecule has 1 aromatic heterocycles. The molecule has 1 aliphatic carbocycles. The van der Waals surface area contributed by atoms with Crippen molar-refractivity contribution < 1.29 is 4.79 Å². The second-order valence-corrected chi connectivity index (χ2v) is 6.01. The van der Waals surface area contributed by atoms with Gasteiger partial charge in [0.15, 0.2) is 0 Å². The Morgan fingerprint density at radius 1 is 1.30 bits per heavy atom. The highest BCUT2D eigenvalue weighted by Crippen LogP contribution is 2.27. The van der Waals surface area contributed by atoms with E-state index >= 15 is 0 Å². The van der Waals surface area contributed by atoms with Gasteiger partial charge in [0, 0.05) is 30.5 Å². The fourth-order valence-electron chi connectivity index (χ4n) is 3.04. The quantitative estimate of drug-likeness (QED) is 0.883. The molecule has 0 spiro atoms. The van der Waals surface area contributed by atoms with Crippen molar-refractivity contribution in [3.05, 3.63) is 48.3 Å². The van der Waals surface area contributed by atoms with Crippen LogP contribution in [0.3, 0.4) is 0 Å². The molecular formula is C17H23ClN4O. The lowest BCUT2D eigenvalue weighted by Crippen LogP contribution is -2.28. The van der Waals surface area contributed by atoms with Crippen LogP contribution in [0.2, 0.25) is 0 Å². The number of nitrogens with two attached hydrogens (primary N) is 1. The van der Waals surface area contributed by atoms with E-state index in [0.29, 0.717) is 12.3 Å².